The Morgan fingerprint density at radius 3 is 2.46 bits per heavy atom. The molecule has 0 unspecified atom stereocenters. The summed E-state index contributed by atoms with van der Waals surface area (Å²) in [5, 5.41) is 3.04. The summed E-state index contributed by atoms with van der Waals surface area (Å²) < 4.78 is 10.7. The summed E-state index contributed by atoms with van der Waals surface area (Å²) in [5.74, 6) is 1.27. The van der Waals surface area contributed by atoms with E-state index in [2.05, 4.69) is 10.3 Å². The number of guanidine groups is 1. The number of anilines is 1. The molecule has 5 nitrogen and oxygen atoms in total. The molecule has 0 spiro atoms. The molecule has 0 amide bonds. The van der Waals surface area contributed by atoms with E-state index in [4.69, 9.17) is 15.2 Å². The minimum absolute atomic E-state index is 0. The van der Waals surface area contributed by atoms with Gasteiger partial charge in [-0.3, -0.25) is 4.99 Å². The maximum absolute atomic E-state index is 5.83. The van der Waals surface area contributed by atoms with E-state index in [9.17, 15) is 0 Å². The van der Waals surface area contributed by atoms with Crippen LogP contribution in [0.25, 0.3) is 0 Å². The molecule has 24 heavy (non-hydrogen) atoms. The van der Waals surface area contributed by atoms with E-state index in [0.29, 0.717) is 25.7 Å². The maximum atomic E-state index is 5.83. The summed E-state index contributed by atoms with van der Waals surface area (Å²) in [5.41, 5.74) is 7.88. The second-order valence-corrected chi connectivity index (χ2v) is 5.01. The van der Waals surface area contributed by atoms with Crippen LogP contribution in [0.15, 0.2) is 59.6 Å². The van der Waals surface area contributed by atoms with Gasteiger partial charge in [0.1, 0.15) is 5.75 Å². The van der Waals surface area contributed by atoms with Crippen LogP contribution in [0, 0.1) is 0 Å². The van der Waals surface area contributed by atoms with Gasteiger partial charge in [0.25, 0.3) is 0 Å². The number of hydrogen-bond donors (Lipinski definition) is 2. The summed E-state index contributed by atoms with van der Waals surface area (Å²) >= 11 is 0. The molecule has 0 radical (unpaired) electrons. The number of nitrogens with zero attached hydrogens (tertiary/aromatic N) is 1. The van der Waals surface area contributed by atoms with Crippen molar-refractivity contribution in [3.63, 3.8) is 0 Å². The lowest BCUT2D eigenvalue weighted by Crippen LogP contribution is -2.22. The first-order valence-electron chi connectivity index (χ1n) is 7.60. The molecule has 0 atom stereocenters. The highest BCUT2D eigenvalue weighted by atomic mass is 127. The highest BCUT2D eigenvalue weighted by molar-refractivity contribution is 14.0. The van der Waals surface area contributed by atoms with Crippen LogP contribution in [0.5, 0.6) is 5.75 Å². The Balaban J connectivity index is 0.00000288. The van der Waals surface area contributed by atoms with Gasteiger partial charge < -0.3 is 20.5 Å². The fraction of sp³-hybridized carbons (Fsp3) is 0.278. The summed E-state index contributed by atoms with van der Waals surface area (Å²) in [7, 11) is 1.66. The fourth-order valence-corrected chi connectivity index (χ4v) is 1.99. The van der Waals surface area contributed by atoms with E-state index in [-0.39, 0.29) is 24.0 Å². The molecule has 3 N–H and O–H groups in total. The molecule has 0 aliphatic heterocycles. The van der Waals surface area contributed by atoms with Gasteiger partial charge in [-0.15, -0.1) is 24.0 Å². The molecule has 0 aliphatic rings. The molecule has 0 heterocycles. The Hall–Kier alpha value is -1.80. The van der Waals surface area contributed by atoms with Crippen LogP contribution in [0.1, 0.15) is 12.0 Å². The van der Waals surface area contributed by atoms with Crippen LogP contribution >= 0.6 is 24.0 Å². The number of methoxy groups -OCH3 is 1. The van der Waals surface area contributed by atoms with Crippen molar-refractivity contribution < 1.29 is 9.47 Å². The maximum Gasteiger partial charge on any atom is 0.193 e. The summed E-state index contributed by atoms with van der Waals surface area (Å²) in [6.07, 6.45) is 0.827. The van der Waals surface area contributed by atoms with Crippen molar-refractivity contribution in [3.8, 4) is 5.75 Å². The molecule has 2 rings (SSSR count). The Morgan fingerprint density at radius 2 is 1.79 bits per heavy atom. The van der Waals surface area contributed by atoms with E-state index in [0.717, 1.165) is 23.4 Å². The van der Waals surface area contributed by atoms with Crippen LogP contribution < -0.4 is 15.8 Å². The third kappa shape index (κ3) is 7.65. The molecule has 0 saturated carbocycles. The number of hydrogen-bond acceptors (Lipinski definition) is 3. The van der Waals surface area contributed by atoms with Gasteiger partial charge in [0.05, 0.1) is 13.7 Å². The average Bonchev–Trinajstić information content (AvgIpc) is 2.59. The molecule has 0 saturated heterocycles. The zero-order chi connectivity index (χ0) is 16.3. The lowest BCUT2D eigenvalue weighted by molar-refractivity contribution is 0.120. The van der Waals surface area contributed by atoms with Gasteiger partial charge in [-0.1, -0.05) is 30.3 Å². The molecule has 2 aromatic carbocycles. The van der Waals surface area contributed by atoms with Gasteiger partial charge in [0.15, 0.2) is 5.96 Å². The van der Waals surface area contributed by atoms with Crippen molar-refractivity contribution in [2.24, 2.45) is 10.7 Å². The molecule has 0 aliphatic carbocycles. The smallest absolute Gasteiger partial charge is 0.193 e. The van der Waals surface area contributed by atoms with Crippen LogP contribution in [-0.2, 0) is 11.3 Å². The number of ether oxygens (including phenoxy) is 2. The van der Waals surface area contributed by atoms with Crippen molar-refractivity contribution in [1.29, 1.82) is 0 Å². The van der Waals surface area contributed by atoms with Crippen LogP contribution in [0.2, 0.25) is 0 Å². The van der Waals surface area contributed by atoms with Gasteiger partial charge in [-0.05, 0) is 36.2 Å². The van der Waals surface area contributed by atoms with E-state index in [1.165, 1.54) is 0 Å². The predicted molar refractivity (Wildman–Crippen MR) is 109 cm³/mol. The lowest BCUT2D eigenvalue weighted by Gasteiger charge is -2.06. The fourth-order valence-electron chi connectivity index (χ4n) is 1.99. The standard InChI is InChI=1S/C18H23N3O2.HI/c1-22-17-10-8-15(9-11-17)14-23-13-5-12-20-18(19)21-16-6-3-2-4-7-16;/h2-4,6-11H,5,12-14H2,1H3,(H3,19,20,21);1H. The monoisotopic (exact) mass is 441 g/mol. The van der Waals surface area contributed by atoms with E-state index < -0.39 is 0 Å². The Morgan fingerprint density at radius 1 is 1.08 bits per heavy atom. The second kappa shape index (κ2) is 11.7. The molecule has 0 aromatic heterocycles. The molecular weight excluding hydrogens is 417 g/mol. The van der Waals surface area contributed by atoms with Gasteiger partial charge in [-0.25, -0.2) is 0 Å². The van der Waals surface area contributed by atoms with Gasteiger partial charge in [0, 0.05) is 18.8 Å². The van der Waals surface area contributed by atoms with Crippen molar-refractivity contribution in [2.75, 3.05) is 25.6 Å². The number of nitrogens with two attached hydrogens (primary N) is 1. The highest BCUT2D eigenvalue weighted by Gasteiger charge is 1.96. The molecule has 2 aromatic rings. The largest absolute Gasteiger partial charge is 0.497 e. The predicted octanol–water partition coefficient (Wildman–Crippen LogP) is 3.65. The van der Waals surface area contributed by atoms with E-state index >= 15 is 0 Å². The van der Waals surface area contributed by atoms with Crippen LogP contribution in [-0.4, -0.2) is 26.2 Å². The highest BCUT2D eigenvalue weighted by Crippen LogP contribution is 2.11. The quantitative estimate of drug-likeness (QED) is 0.284. The van der Waals surface area contributed by atoms with Gasteiger partial charge in [-0.2, -0.15) is 0 Å². The van der Waals surface area contributed by atoms with Crippen molar-refractivity contribution in [1.82, 2.24) is 0 Å². The topological polar surface area (TPSA) is 68.9 Å². The Kier molecular flexibility index (Phi) is 9.86. The molecule has 130 valence electrons. The zero-order valence-corrected chi connectivity index (χ0v) is 16.1. The summed E-state index contributed by atoms with van der Waals surface area (Å²) in [6, 6.07) is 17.6. The van der Waals surface area contributed by atoms with Crippen LogP contribution in [0.4, 0.5) is 5.69 Å². The zero-order valence-electron chi connectivity index (χ0n) is 13.8. The first-order valence-corrected chi connectivity index (χ1v) is 7.60. The normalized spacial score (nSPS) is 10.8. The summed E-state index contributed by atoms with van der Waals surface area (Å²) in [6.45, 7) is 1.87. The lowest BCUT2D eigenvalue weighted by atomic mass is 10.2. The number of halogens is 1. The first-order chi connectivity index (χ1) is 11.3. The number of para-hydroxylation sites is 1. The molecule has 0 fully saturated rings. The second-order valence-electron chi connectivity index (χ2n) is 5.01. The minimum atomic E-state index is 0. The first kappa shape index (κ1) is 20.2. The average molecular weight is 441 g/mol. The van der Waals surface area contributed by atoms with E-state index in [1.807, 2.05) is 54.6 Å². The van der Waals surface area contributed by atoms with Crippen molar-refractivity contribution >= 4 is 35.6 Å². The van der Waals surface area contributed by atoms with Gasteiger partial charge in [0.2, 0.25) is 0 Å². The number of rotatable bonds is 8. The number of benzene rings is 2. The number of aliphatic imine (C=N–C) groups is 1. The molecule has 0 bridgehead atoms. The number of nitrogens with one attached hydrogen (secondary N) is 1. The third-order valence-electron chi connectivity index (χ3n) is 3.20. The van der Waals surface area contributed by atoms with Gasteiger partial charge >= 0.3 is 0 Å². The summed E-state index contributed by atoms with van der Waals surface area (Å²) in [4.78, 5) is 4.27. The Bertz CT molecular complexity index is 603. The van der Waals surface area contributed by atoms with E-state index in [1.54, 1.807) is 7.11 Å². The van der Waals surface area contributed by atoms with Crippen LogP contribution in [0.3, 0.4) is 0 Å². The minimum Gasteiger partial charge on any atom is -0.497 e. The SMILES string of the molecule is COc1ccc(COCCCN=C(N)Nc2ccccc2)cc1.I. The third-order valence-corrected chi connectivity index (χ3v) is 3.20. The van der Waals surface area contributed by atoms with Crippen molar-refractivity contribution in [3.05, 3.63) is 60.2 Å². The molecular formula is C18H24IN3O2. The molecule has 6 heteroatoms. The van der Waals surface area contributed by atoms with Crippen molar-refractivity contribution in [2.45, 2.75) is 13.0 Å². The Labute approximate surface area is 160 Å².